The van der Waals surface area contributed by atoms with Gasteiger partial charge < -0.3 is 14.9 Å². The summed E-state index contributed by atoms with van der Waals surface area (Å²) in [5.41, 5.74) is 0.370. The molecule has 5 nitrogen and oxygen atoms in total. The lowest BCUT2D eigenvalue weighted by atomic mass is 9.40. The number of cyclic esters (lactones) is 1. The first kappa shape index (κ1) is 17.1. The van der Waals surface area contributed by atoms with Gasteiger partial charge >= 0.3 is 11.9 Å². The lowest BCUT2D eigenvalue weighted by Gasteiger charge is -2.63. The zero-order chi connectivity index (χ0) is 18.2. The fraction of sp³-hybridized carbons (Fsp3) is 0.800. The number of hydrogen-bond donors (Lipinski definition) is 2. The Labute approximate surface area is 148 Å². The average molecular weight is 348 g/mol. The van der Waals surface area contributed by atoms with Crippen LogP contribution in [0.25, 0.3) is 0 Å². The van der Waals surface area contributed by atoms with E-state index >= 15 is 0 Å². The van der Waals surface area contributed by atoms with Gasteiger partial charge in [0.2, 0.25) is 6.29 Å². The van der Waals surface area contributed by atoms with E-state index < -0.39 is 17.7 Å². The van der Waals surface area contributed by atoms with Crippen LogP contribution >= 0.6 is 0 Å². The largest absolute Gasteiger partial charge is 0.481 e. The molecule has 0 amide bonds. The number of rotatable bonds is 1. The summed E-state index contributed by atoms with van der Waals surface area (Å²) in [5.74, 6) is -0.657. The van der Waals surface area contributed by atoms with Gasteiger partial charge in [0.15, 0.2) is 0 Å². The Kier molecular flexibility index (Phi) is 3.48. The number of aliphatic hydroxyl groups is 1. The molecule has 1 aliphatic heterocycles. The third-order valence-corrected chi connectivity index (χ3v) is 8.30. The summed E-state index contributed by atoms with van der Waals surface area (Å²) < 4.78 is 5.12. The van der Waals surface area contributed by atoms with Gasteiger partial charge in [0.05, 0.1) is 5.41 Å². The molecular formula is C20H28O5. The van der Waals surface area contributed by atoms with Crippen LogP contribution in [0.2, 0.25) is 0 Å². The van der Waals surface area contributed by atoms with Crippen LogP contribution in [0.5, 0.6) is 0 Å². The Hall–Kier alpha value is -1.36. The molecule has 0 aromatic rings. The van der Waals surface area contributed by atoms with E-state index in [9.17, 15) is 19.8 Å². The van der Waals surface area contributed by atoms with Crippen molar-refractivity contribution in [2.45, 2.75) is 72.0 Å². The van der Waals surface area contributed by atoms with E-state index in [1.54, 1.807) is 0 Å². The van der Waals surface area contributed by atoms with Gasteiger partial charge in [-0.2, -0.15) is 0 Å². The Balaban J connectivity index is 1.79. The zero-order valence-corrected chi connectivity index (χ0v) is 15.3. The number of ether oxygens (including phenoxy) is 1. The summed E-state index contributed by atoms with van der Waals surface area (Å²) in [6.07, 6.45) is 4.76. The maximum Gasteiger partial charge on any atom is 0.337 e. The molecule has 6 unspecified atom stereocenters. The molecule has 2 fully saturated rings. The number of aliphatic hydroxyl groups excluding tert-OH is 1. The lowest BCUT2D eigenvalue weighted by Crippen LogP contribution is -2.58. The van der Waals surface area contributed by atoms with Gasteiger partial charge in [0, 0.05) is 16.6 Å². The van der Waals surface area contributed by atoms with Crippen molar-refractivity contribution in [2.75, 3.05) is 0 Å². The first-order valence-electron chi connectivity index (χ1n) is 9.50. The lowest BCUT2D eigenvalue weighted by molar-refractivity contribution is -0.176. The normalized spacial score (nSPS) is 49.1. The van der Waals surface area contributed by atoms with Gasteiger partial charge in [-0.05, 0) is 62.7 Å². The summed E-state index contributed by atoms with van der Waals surface area (Å²) >= 11 is 0. The van der Waals surface area contributed by atoms with Crippen molar-refractivity contribution in [3.05, 3.63) is 11.1 Å². The highest BCUT2D eigenvalue weighted by Crippen LogP contribution is 2.69. The maximum atomic E-state index is 12.4. The monoisotopic (exact) mass is 348 g/mol. The Morgan fingerprint density at radius 1 is 1.12 bits per heavy atom. The Morgan fingerprint density at radius 3 is 2.52 bits per heavy atom. The molecule has 2 saturated carbocycles. The van der Waals surface area contributed by atoms with E-state index in [2.05, 4.69) is 13.8 Å². The minimum absolute atomic E-state index is 0.0925. The average Bonchev–Trinajstić information content (AvgIpc) is 2.82. The molecule has 0 aromatic heterocycles. The van der Waals surface area contributed by atoms with Crippen molar-refractivity contribution in [1.29, 1.82) is 0 Å². The summed E-state index contributed by atoms with van der Waals surface area (Å²) in [7, 11) is 0. The quantitative estimate of drug-likeness (QED) is 0.711. The molecule has 6 atom stereocenters. The van der Waals surface area contributed by atoms with Crippen LogP contribution in [-0.4, -0.2) is 28.4 Å². The van der Waals surface area contributed by atoms with E-state index in [0.29, 0.717) is 12.0 Å². The van der Waals surface area contributed by atoms with Crippen molar-refractivity contribution >= 4 is 11.9 Å². The van der Waals surface area contributed by atoms with E-state index in [4.69, 9.17) is 4.74 Å². The standard InChI is InChI=1S/C20H28O5/c1-18-8-4-9-20(3,17(23)24)13(18)7-10-19(2)12(18)6-5-11-14(19)16(22)25-15(11)21/h12-13,15,21H,4-10H2,1-3H3,(H,23,24). The Bertz CT molecular complexity index is 682. The van der Waals surface area contributed by atoms with E-state index in [1.165, 1.54) is 0 Å². The van der Waals surface area contributed by atoms with Crippen molar-refractivity contribution in [2.24, 2.45) is 28.1 Å². The smallest absolute Gasteiger partial charge is 0.337 e. The highest BCUT2D eigenvalue weighted by molar-refractivity contribution is 5.94. The predicted molar refractivity (Wildman–Crippen MR) is 90.4 cm³/mol. The summed E-state index contributed by atoms with van der Waals surface area (Å²) in [4.78, 5) is 24.5. The summed E-state index contributed by atoms with van der Waals surface area (Å²) in [6, 6.07) is 0. The molecule has 2 N–H and O–H groups in total. The number of esters is 1. The SMILES string of the molecule is CC1(C(=O)O)CCCC2(C)C1CCC1(C)C3=C(CCC12)C(O)OC3=O. The molecule has 5 heteroatoms. The molecule has 0 bridgehead atoms. The number of aliphatic carboxylic acids is 1. The molecule has 138 valence electrons. The second-order valence-electron chi connectivity index (χ2n) is 9.34. The fourth-order valence-corrected chi connectivity index (χ4v) is 7.16. The van der Waals surface area contributed by atoms with E-state index in [-0.39, 0.29) is 28.6 Å². The predicted octanol–water partition coefficient (Wildman–Crippen LogP) is 3.27. The van der Waals surface area contributed by atoms with Crippen LogP contribution in [0.4, 0.5) is 0 Å². The number of carbonyl (C=O) groups is 2. The summed E-state index contributed by atoms with van der Waals surface area (Å²) in [5, 5.41) is 20.0. The minimum atomic E-state index is -1.08. The number of hydrogen-bond acceptors (Lipinski definition) is 4. The number of fused-ring (bicyclic) bond motifs is 4. The van der Waals surface area contributed by atoms with Crippen LogP contribution in [0, 0.1) is 28.1 Å². The van der Waals surface area contributed by atoms with E-state index in [0.717, 1.165) is 44.1 Å². The highest BCUT2D eigenvalue weighted by atomic mass is 16.6. The van der Waals surface area contributed by atoms with Crippen LogP contribution in [0.1, 0.15) is 65.7 Å². The minimum Gasteiger partial charge on any atom is -0.481 e. The molecule has 0 radical (unpaired) electrons. The summed E-state index contributed by atoms with van der Waals surface area (Å²) in [6.45, 7) is 6.31. The number of carboxylic acids is 1. The number of carbonyl (C=O) groups excluding carboxylic acids is 1. The van der Waals surface area contributed by atoms with Gasteiger partial charge in [-0.3, -0.25) is 4.79 Å². The van der Waals surface area contributed by atoms with Crippen LogP contribution in [0.3, 0.4) is 0 Å². The fourth-order valence-electron chi connectivity index (χ4n) is 7.16. The van der Waals surface area contributed by atoms with Crippen LogP contribution < -0.4 is 0 Å². The molecule has 4 aliphatic rings. The number of carboxylic acid groups (broad SMARTS) is 1. The molecule has 25 heavy (non-hydrogen) atoms. The Morgan fingerprint density at radius 2 is 1.84 bits per heavy atom. The maximum absolute atomic E-state index is 12.4. The zero-order valence-electron chi connectivity index (χ0n) is 15.3. The molecule has 0 saturated heterocycles. The second-order valence-corrected chi connectivity index (χ2v) is 9.34. The first-order chi connectivity index (χ1) is 11.6. The molecular weight excluding hydrogens is 320 g/mol. The van der Waals surface area contributed by atoms with Gasteiger partial charge in [-0.25, -0.2) is 4.79 Å². The molecule has 3 aliphatic carbocycles. The third-order valence-electron chi connectivity index (χ3n) is 8.30. The van der Waals surface area contributed by atoms with Gasteiger partial charge in [-0.1, -0.05) is 20.3 Å². The van der Waals surface area contributed by atoms with Crippen molar-refractivity contribution < 1.29 is 24.5 Å². The van der Waals surface area contributed by atoms with Crippen molar-refractivity contribution in [1.82, 2.24) is 0 Å². The van der Waals surface area contributed by atoms with Crippen molar-refractivity contribution in [3.63, 3.8) is 0 Å². The van der Waals surface area contributed by atoms with E-state index in [1.807, 2.05) is 6.92 Å². The highest BCUT2D eigenvalue weighted by Gasteiger charge is 2.64. The second kappa shape index (κ2) is 5.09. The van der Waals surface area contributed by atoms with Gasteiger partial charge in [0.25, 0.3) is 0 Å². The molecule has 1 heterocycles. The first-order valence-corrected chi connectivity index (χ1v) is 9.50. The molecule has 4 rings (SSSR count). The third kappa shape index (κ3) is 1.99. The molecule has 0 aromatic carbocycles. The van der Waals surface area contributed by atoms with Crippen molar-refractivity contribution in [3.8, 4) is 0 Å². The molecule has 0 spiro atoms. The van der Waals surface area contributed by atoms with Crippen LogP contribution in [0.15, 0.2) is 11.1 Å². The topological polar surface area (TPSA) is 83.8 Å². The van der Waals surface area contributed by atoms with Crippen LogP contribution in [-0.2, 0) is 14.3 Å². The van der Waals surface area contributed by atoms with Gasteiger partial charge in [0.1, 0.15) is 0 Å². The van der Waals surface area contributed by atoms with Gasteiger partial charge in [-0.15, -0.1) is 0 Å².